The van der Waals surface area contributed by atoms with Gasteiger partial charge in [0.15, 0.2) is 11.6 Å². The van der Waals surface area contributed by atoms with Gasteiger partial charge in [0.05, 0.1) is 7.11 Å². The predicted molar refractivity (Wildman–Crippen MR) is 66.4 cm³/mol. The zero-order valence-corrected chi connectivity index (χ0v) is 10.4. The fraction of sp³-hybridized carbons (Fsp3) is 0.0714. The first-order valence-corrected chi connectivity index (χ1v) is 5.56. The maximum absolute atomic E-state index is 13.5. The molecule has 0 aliphatic heterocycles. The van der Waals surface area contributed by atoms with Gasteiger partial charge in [-0.1, -0.05) is 6.07 Å². The van der Waals surface area contributed by atoms with Crippen LogP contribution in [0, 0.1) is 11.6 Å². The summed E-state index contributed by atoms with van der Waals surface area (Å²) in [4.78, 5) is 11.1. The molecule has 1 N–H and O–H groups in total. The maximum atomic E-state index is 13.5. The second-order valence-electron chi connectivity index (χ2n) is 3.82. The highest BCUT2D eigenvalue weighted by atomic mass is 19.2. The van der Waals surface area contributed by atoms with E-state index in [9.17, 15) is 13.6 Å². The molecule has 0 bridgehead atoms. The van der Waals surface area contributed by atoms with Crippen molar-refractivity contribution in [3.63, 3.8) is 0 Å². The SMILES string of the molecule is COc1ccc(C(=O)O)c(Oc2cccc(F)c2F)c1. The van der Waals surface area contributed by atoms with E-state index in [0.717, 1.165) is 6.07 Å². The van der Waals surface area contributed by atoms with Crippen molar-refractivity contribution in [1.29, 1.82) is 0 Å². The van der Waals surface area contributed by atoms with E-state index in [4.69, 9.17) is 14.6 Å². The van der Waals surface area contributed by atoms with Gasteiger partial charge in [-0.2, -0.15) is 4.39 Å². The number of carboxylic acid groups (broad SMARTS) is 1. The van der Waals surface area contributed by atoms with Crippen LogP contribution in [0.25, 0.3) is 0 Å². The van der Waals surface area contributed by atoms with Crippen molar-refractivity contribution < 1.29 is 28.2 Å². The molecule has 0 heterocycles. The first-order valence-electron chi connectivity index (χ1n) is 5.56. The van der Waals surface area contributed by atoms with Gasteiger partial charge in [0.25, 0.3) is 0 Å². The number of carbonyl (C=O) groups is 1. The van der Waals surface area contributed by atoms with E-state index >= 15 is 0 Å². The number of halogens is 2. The predicted octanol–water partition coefficient (Wildman–Crippen LogP) is 3.46. The third-order valence-corrected chi connectivity index (χ3v) is 2.56. The van der Waals surface area contributed by atoms with Crippen LogP contribution in [0.2, 0.25) is 0 Å². The highest BCUT2D eigenvalue weighted by Crippen LogP contribution is 2.31. The Labute approximate surface area is 113 Å². The van der Waals surface area contributed by atoms with E-state index in [0.29, 0.717) is 5.75 Å². The molecule has 2 aromatic carbocycles. The van der Waals surface area contributed by atoms with Crippen LogP contribution in [0.1, 0.15) is 10.4 Å². The van der Waals surface area contributed by atoms with E-state index in [1.165, 1.54) is 37.4 Å². The Morgan fingerprint density at radius 2 is 1.90 bits per heavy atom. The number of ether oxygens (including phenoxy) is 2. The normalized spacial score (nSPS) is 10.2. The summed E-state index contributed by atoms with van der Waals surface area (Å²) in [6.45, 7) is 0. The van der Waals surface area contributed by atoms with Gasteiger partial charge in [0.2, 0.25) is 5.82 Å². The average molecular weight is 280 g/mol. The van der Waals surface area contributed by atoms with Crippen LogP contribution in [-0.4, -0.2) is 18.2 Å². The van der Waals surface area contributed by atoms with Crippen molar-refractivity contribution in [3.05, 3.63) is 53.6 Å². The van der Waals surface area contributed by atoms with Crippen LogP contribution in [-0.2, 0) is 0 Å². The minimum absolute atomic E-state index is 0.138. The fourth-order valence-electron chi connectivity index (χ4n) is 1.57. The quantitative estimate of drug-likeness (QED) is 0.931. The summed E-state index contributed by atoms with van der Waals surface area (Å²) in [7, 11) is 1.39. The Morgan fingerprint density at radius 1 is 1.15 bits per heavy atom. The second-order valence-corrected chi connectivity index (χ2v) is 3.82. The molecular formula is C14H10F2O4. The van der Waals surface area contributed by atoms with E-state index in [1.807, 2.05) is 0 Å². The smallest absolute Gasteiger partial charge is 0.339 e. The van der Waals surface area contributed by atoms with E-state index in [2.05, 4.69) is 0 Å². The van der Waals surface area contributed by atoms with Crippen LogP contribution < -0.4 is 9.47 Å². The molecule has 0 saturated carbocycles. The lowest BCUT2D eigenvalue weighted by Gasteiger charge is -2.11. The highest BCUT2D eigenvalue weighted by Gasteiger charge is 2.16. The van der Waals surface area contributed by atoms with Gasteiger partial charge >= 0.3 is 5.97 Å². The molecule has 0 aliphatic rings. The van der Waals surface area contributed by atoms with E-state index < -0.39 is 23.4 Å². The van der Waals surface area contributed by atoms with Gasteiger partial charge in [-0.3, -0.25) is 0 Å². The van der Waals surface area contributed by atoms with Crippen molar-refractivity contribution in [3.8, 4) is 17.2 Å². The summed E-state index contributed by atoms with van der Waals surface area (Å²) < 4.78 is 36.7. The molecule has 0 aliphatic carbocycles. The van der Waals surface area contributed by atoms with Gasteiger partial charge in [0, 0.05) is 6.07 Å². The first kappa shape index (κ1) is 13.8. The van der Waals surface area contributed by atoms with Gasteiger partial charge in [-0.05, 0) is 24.3 Å². The van der Waals surface area contributed by atoms with Crippen molar-refractivity contribution >= 4 is 5.97 Å². The van der Waals surface area contributed by atoms with Crippen LogP contribution in [0.5, 0.6) is 17.2 Å². The van der Waals surface area contributed by atoms with Gasteiger partial charge in [-0.25, -0.2) is 9.18 Å². The van der Waals surface area contributed by atoms with Crippen molar-refractivity contribution in [1.82, 2.24) is 0 Å². The number of aromatic carboxylic acids is 1. The molecular weight excluding hydrogens is 270 g/mol. The summed E-state index contributed by atoms with van der Waals surface area (Å²) in [6, 6.07) is 7.36. The first-order chi connectivity index (χ1) is 9.52. The number of hydrogen-bond donors (Lipinski definition) is 1. The molecule has 104 valence electrons. The fourth-order valence-corrected chi connectivity index (χ4v) is 1.57. The zero-order chi connectivity index (χ0) is 14.7. The monoisotopic (exact) mass is 280 g/mol. The van der Waals surface area contributed by atoms with E-state index in [-0.39, 0.29) is 11.3 Å². The number of rotatable bonds is 4. The molecule has 2 rings (SSSR count). The van der Waals surface area contributed by atoms with E-state index in [1.54, 1.807) is 0 Å². The minimum atomic E-state index is -1.25. The Bertz CT molecular complexity index is 656. The number of hydrogen-bond acceptors (Lipinski definition) is 3. The Morgan fingerprint density at radius 3 is 2.55 bits per heavy atom. The average Bonchev–Trinajstić information content (AvgIpc) is 2.43. The molecule has 0 amide bonds. The van der Waals surface area contributed by atoms with Crippen LogP contribution >= 0.6 is 0 Å². The molecule has 0 atom stereocenters. The number of carboxylic acids is 1. The largest absolute Gasteiger partial charge is 0.497 e. The summed E-state index contributed by atoms with van der Waals surface area (Å²) in [5, 5.41) is 9.04. The second kappa shape index (κ2) is 5.56. The summed E-state index contributed by atoms with van der Waals surface area (Å²) in [6.07, 6.45) is 0. The molecule has 0 spiro atoms. The van der Waals surface area contributed by atoms with Crippen molar-refractivity contribution in [2.24, 2.45) is 0 Å². The molecule has 4 nitrogen and oxygen atoms in total. The highest BCUT2D eigenvalue weighted by molar-refractivity contribution is 5.91. The molecule has 0 aromatic heterocycles. The zero-order valence-electron chi connectivity index (χ0n) is 10.4. The third-order valence-electron chi connectivity index (χ3n) is 2.56. The maximum Gasteiger partial charge on any atom is 0.339 e. The van der Waals surface area contributed by atoms with Gasteiger partial charge in [0.1, 0.15) is 17.1 Å². The third kappa shape index (κ3) is 2.69. The van der Waals surface area contributed by atoms with Gasteiger partial charge in [-0.15, -0.1) is 0 Å². The molecule has 20 heavy (non-hydrogen) atoms. The molecule has 0 fully saturated rings. The molecule has 6 heteroatoms. The molecule has 2 aromatic rings. The number of methoxy groups -OCH3 is 1. The lowest BCUT2D eigenvalue weighted by molar-refractivity contribution is 0.0694. The lowest BCUT2D eigenvalue weighted by Crippen LogP contribution is -2.01. The topological polar surface area (TPSA) is 55.8 Å². The van der Waals surface area contributed by atoms with Crippen LogP contribution in [0.15, 0.2) is 36.4 Å². The number of benzene rings is 2. The molecule has 0 radical (unpaired) electrons. The summed E-state index contributed by atoms with van der Waals surface area (Å²) >= 11 is 0. The lowest BCUT2D eigenvalue weighted by atomic mass is 10.2. The summed E-state index contributed by atoms with van der Waals surface area (Å²) in [5.74, 6) is -3.72. The van der Waals surface area contributed by atoms with Gasteiger partial charge < -0.3 is 14.6 Å². The minimum Gasteiger partial charge on any atom is -0.497 e. The molecule has 0 unspecified atom stereocenters. The van der Waals surface area contributed by atoms with Crippen molar-refractivity contribution in [2.75, 3.05) is 7.11 Å². The van der Waals surface area contributed by atoms with Crippen LogP contribution in [0.3, 0.4) is 0 Å². The molecule has 0 saturated heterocycles. The van der Waals surface area contributed by atoms with Crippen molar-refractivity contribution in [2.45, 2.75) is 0 Å². The Balaban J connectivity index is 2.46. The van der Waals surface area contributed by atoms with Crippen LogP contribution in [0.4, 0.5) is 8.78 Å². The Kier molecular flexibility index (Phi) is 3.84. The standard InChI is InChI=1S/C14H10F2O4/c1-19-8-5-6-9(14(17)18)12(7-8)20-11-4-2-3-10(15)13(11)16/h2-7H,1H3,(H,17,18). The Hall–Kier alpha value is -2.63. The summed E-state index contributed by atoms with van der Waals surface area (Å²) in [5.41, 5.74) is -0.186.